The normalized spacial score (nSPS) is 16.1. The molecular weight excluding hydrogens is 470 g/mol. The van der Waals surface area contributed by atoms with E-state index in [-0.39, 0.29) is 23.6 Å². The van der Waals surface area contributed by atoms with Crippen molar-refractivity contribution in [2.45, 2.75) is 31.8 Å². The molecule has 2 aromatic carbocycles. The summed E-state index contributed by atoms with van der Waals surface area (Å²) in [7, 11) is 3.32. The summed E-state index contributed by atoms with van der Waals surface area (Å²) in [5.74, 6) is 1.28. The number of anilines is 1. The third kappa shape index (κ3) is 5.17. The minimum atomic E-state index is -0.258. The second-order valence-corrected chi connectivity index (χ2v) is 9.63. The first kappa shape index (κ1) is 24.8. The van der Waals surface area contributed by atoms with Crippen LogP contribution in [0.25, 0.3) is 10.9 Å². The van der Waals surface area contributed by atoms with Crippen molar-refractivity contribution >= 4 is 22.5 Å². The van der Waals surface area contributed by atoms with Gasteiger partial charge in [-0.05, 0) is 73.8 Å². The van der Waals surface area contributed by atoms with Gasteiger partial charge in [-0.3, -0.25) is 9.59 Å². The van der Waals surface area contributed by atoms with Crippen LogP contribution in [0.1, 0.15) is 29.5 Å². The summed E-state index contributed by atoms with van der Waals surface area (Å²) in [5, 5.41) is 17.2. The predicted molar refractivity (Wildman–Crippen MR) is 141 cm³/mol. The molecule has 0 atom stereocenters. The lowest BCUT2D eigenvalue weighted by atomic mass is 9.99. The van der Waals surface area contributed by atoms with E-state index in [1.807, 2.05) is 36.4 Å². The standard InChI is InChI=1S/C28H31N5O4/c1-32-25-5-4-20(36-2)14-22(25)21(23(15-29)28(32)35)9-12-33-10-7-19(8-11-33)30-16-18-3-6-26-24(13-18)31-27(34)17-37-26/h3-6,13-14,19,30H,7-12,16-17H2,1-2H3,(H,31,34). The van der Waals surface area contributed by atoms with E-state index >= 15 is 0 Å². The maximum atomic E-state index is 12.8. The smallest absolute Gasteiger partial charge is 0.268 e. The molecule has 0 radical (unpaired) electrons. The molecular formula is C28H31N5O4. The van der Waals surface area contributed by atoms with Gasteiger partial charge in [-0.2, -0.15) is 5.26 Å². The molecule has 2 aliphatic rings. The Kier molecular flexibility index (Phi) is 7.12. The van der Waals surface area contributed by atoms with Crippen molar-refractivity contribution < 1.29 is 14.3 Å². The van der Waals surface area contributed by atoms with Crippen LogP contribution in [0.4, 0.5) is 5.69 Å². The summed E-state index contributed by atoms with van der Waals surface area (Å²) in [6.07, 6.45) is 2.66. The quantitative estimate of drug-likeness (QED) is 0.512. The van der Waals surface area contributed by atoms with E-state index in [1.54, 1.807) is 14.2 Å². The minimum absolute atomic E-state index is 0.0618. The molecule has 1 aromatic heterocycles. The Hall–Kier alpha value is -3.87. The van der Waals surface area contributed by atoms with Crippen molar-refractivity contribution in [2.24, 2.45) is 7.05 Å². The first-order valence-corrected chi connectivity index (χ1v) is 12.6. The number of piperidine rings is 1. The van der Waals surface area contributed by atoms with Gasteiger partial charge < -0.3 is 29.6 Å². The molecule has 2 N–H and O–H groups in total. The average molecular weight is 502 g/mol. The fourth-order valence-electron chi connectivity index (χ4n) is 5.23. The maximum Gasteiger partial charge on any atom is 0.268 e. The van der Waals surface area contributed by atoms with Gasteiger partial charge in [0.15, 0.2) is 6.61 Å². The van der Waals surface area contributed by atoms with Crippen LogP contribution >= 0.6 is 0 Å². The summed E-state index contributed by atoms with van der Waals surface area (Å²) < 4.78 is 12.4. The highest BCUT2D eigenvalue weighted by atomic mass is 16.5. The van der Waals surface area contributed by atoms with Gasteiger partial charge in [0.2, 0.25) is 0 Å². The summed E-state index contributed by atoms with van der Waals surface area (Å²) in [6.45, 7) is 3.46. The Labute approximate surface area is 215 Å². The van der Waals surface area contributed by atoms with E-state index in [9.17, 15) is 14.9 Å². The Bertz CT molecular complexity index is 1430. The highest BCUT2D eigenvalue weighted by molar-refractivity contribution is 5.95. The number of methoxy groups -OCH3 is 1. The van der Waals surface area contributed by atoms with Gasteiger partial charge in [-0.15, -0.1) is 0 Å². The second kappa shape index (κ2) is 10.6. The molecule has 3 aromatic rings. The number of fused-ring (bicyclic) bond motifs is 2. The number of carbonyl (C=O) groups is 1. The van der Waals surface area contributed by atoms with Gasteiger partial charge in [-0.25, -0.2) is 0 Å². The largest absolute Gasteiger partial charge is 0.497 e. The van der Waals surface area contributed by atoms with Gasteiger partial charge in [0.1, 0.15) is 23.1 Å². The van der Waals surface area contributed by atoms with Gasteiger partial charge in [0.25, 0.3) is 11.5 Å². The van der Waals surface area contributed by atoms with Gasteiger partial charge in [0, 0.05) is 31.6 Å². The number of hydrogen-bond donors (Lipinski definition) is 2. The summed E-state index contributed by atoms with van der Waals surface area (Å²) in [4.78, 5) is 26.8. The number of nitriles is 1. The van der Waals surface area contributed by atoms with Crippen molar-refractivity contribution in [2.75, 3.05) is 38.7 Å². The van der Waals surface area contributed by atoms with E-state index in [4.69, 9.17) is 9.47 Å². The number of likely N-dealkylation sites (tertiary alicyclic amines) is 1. The number of aryl methyl sites for hydroxylation is 1. The van der Waals surface area contributed by atoms with Crippen LogP contribution in [0.2, 0.25) is 0 Å². The first-order chi connectivity index (χ1) is 18.0. The SMILES string of the molecule is COc1ccc2c(c1)c(CCN1CCC(NCc3ccc4c(c3)NC(=O)CO4)CC1)c(C#N)c(=O)n2C. The van der Waals surface area contributed by atoms with E-state index in [2.05, 4.69) is 21.6 Å². The number of amides is 1. The van der Waals surface area contributed by atoms with Crippen LogP contribution in [0.5, 0.6) is 11.5 Å². The number of hydrogen-bond acceptors (Lipinski definition) is 7. The van der Waals surface area contributed by atoms with Crippen molar-refractivity contribution in [3.8, 4) is 17.6 Å². The Morgan fingerprint density at radius 2 is 2.00 bits per heavy atom. The summed E-state index contributed by atoms with van der Waals surface area (Å²) in [6, 6.07) is 14.1. The van der Waals surface area contributed by atoms with Gasteiger partial charge in [-0.1, -0.05) is 6.07 Å². The number of rotatable bonds is 7. The topological polar surface area (TPSA) is 109 Å². The number of nitrogens with one attached hydrogen (secondary N) is 2. The molecule has 0 unspecified atom stereocenters. The molecule has 1 saturated heterocycles. The van der Waals surface area contributed by atoms with Crippen molar-refractivity contribution in [1.82, 2.24) is 14.8 Å². The van der Waals surface area contributed by atoms with Gasteiger partial charge >= 0.3 is 0 Å². The van der Waals surface area contributed by atoms with Crippen molar-refractivity contribution in [1.29, 1.82) is 5.26 Å². The van der Waals surface area contributed by atoms with E-state index < -0.39 is 0 Å². The lowest BCUT2D eigenvalue weighted by Crippen LogP contribution is -2.43. The molecule has 0 saturated carbocycles. The lowest BCUT2D eigenvalue weighted by molar-refractivity contribution is -0.118. The fourth-order valence-corrected chi connectivity index (χ4v) is 5.23. The summed E-state index contributed by atoms with van der Waals surface area (Å²) >= 11 is 0. The lowest BCUT2D eigenvalue weighted by Gasteiger charge is -2.32. The molecule has 0 aliphatic carbocycles. The highest BCUT2D eigenvalue weighted by Gasteiger charge is 2.22. The predicted octanol–water partition coefficient (Wildman–Crippen LogP) is 2.55. The minimum Gasteiger partial charge on any atom is -0.497 e. The van der Waals surface area contributed by atoms with Crippen molar-refractivity contribution in [3.63, 3.8) is 0 Å². The third-order valence-electron chi connectivity index (χ3n) is 7.36. The van der Waals surface area contributed by atoms with Crippen molar-refractivity contribution in [3.05, 3.63) is 63.4 Å². The first-order valence-electron chi connectivity index (χ1n) is 12.6. The Morgan fingerprint density at radius 3 is 2.76 bits per heavy atom. The molecule has 9 nitrogen and oxygen atoms in total. The molecule has 192 valence electrons. The van der Waals surface area contributed by atoms with E-state index in [1.165, 1.54) is 4.57 Å². The third-order valence-corrected chi connectivity index (χ3v) is 7.36. The molecule has 5 rings (SSSR count). The molecule has 0 spiro atoms. The number of nitrogens with zero attached hydrogens (tertiary/aromatic N) is 3. The van der Waals surface area contributed by atoms with E-state index in [0.717, 1.165) is 66.7 Å². The maximum absolute atomic E-state index is 12.8. The number of benzene rings is 2. The number of pyridine rings is 1. The zero-order valence-corrected chi connectivity index (χ0v) is 21.2. The number of carbonyl (C=O) groups excluding carboxylic acids is 1. The van der Waals surface area contributed by atoms with Crippen LogP contribution in [-0.4, -0.2) is 54.8 Å². The average Bonchev–Trinajstić information content (AvgIpc) is 2.93. The Morgan fingerprint density at radius 1 is 1.19 bits per heavy atom. The van der Waals surface area contributed by atoms with Crippen LogP contribution in [0.3, 0.4) is 0 Å². The van der Waals surface area contributed by atoms with Crippen LogP contribution in [0.15, 0.2) is 41.2 Å². The highest BCUT2D eigenvalue weighted by Crippen LogP contribution is 2.29. The second-order valence-electron chi connectivity index (χ2n) is 9.63. The van der Waals surface area contributed by atoms with Crippen LogP contribution < -0.4 is 25.7 Å². The molecule has 9 heteroatoms. The number of aromatic nitrogens is 1. The zero-order chi connectivity index (χ0) is 25.9. The molecule has 2 aliphatic heterocycles. The zero-order valence-electron chi connectivity index (χ0n) is 21.2. The van der Waals surface area contributed by atoms with E-state index in [0.29, 0.717) is 24.0 Å². The van der Waals surface area contributed by atoms with Crippen LogP contribution in [0, 0.1) is 11.3 Å². The molecule has 3 heterocycles. The molecule has 0 bridgehead atoms. The fraction of sp³-hybridized carbons (Fsp3) is 0.393. The Balaban J connectivity index is 1.20. The summed E-state index contributed by atoms with van der Waals surface area (Å²) in [5.41, 5.74) is 3.38. The molecule has 1 fully saturated rings. The monoisotopic (exact) mass is 501 g/mol. The molecule has 37 heavy (non-hydrogen) atoms. The van der Waals surface area contributed by atoms with Crippen LogP contribution in [-0.2, 0) is 24.8 Å². The van der Waals surface area contributed by atoms with Gasteiger partial charge in [0.05, 0.1) is 18.3 Å². The molecule has 1 amide bonds. The number of ether oxygens (including phenoxy) is 2.